The second-order valence-corrected chi connectivity index (χ2v) is 6.99. The lowest BCUT2D eigenvalue weighted by atomic mass is 10.0. The van der Waals surface area contributed by atoms with Gasteiger partial charge in [0, 0.05) is 25.7 Å². The number of nitrogens with two attached hydrogens (primary N) is 1. The van der Waals surface area contributed by atoms with Gasteiger partial charge in [0.15, 0.2) is 0 Å². The minimum absolute atomic E-state index is 0.0465. The monoisotopic (exact) mass is 297 g/mol. The minimum Gasteiger partial charge on any atom is -0.444 e. The van der Waals surface area contributed by atoms with E-state index in [-0.39, 0.29) is 24.1 Å². The normalized spacial score (nSPS) is 24.3. The van der Waals surface area contributed by atoms with Crippen molar-refractivity contribution in [2.75, 3.05) is 19.6 Å². The second kappa shape index (κ2) is 6.22. The van der Waals surface area contributed by atoms with Gasteiger partial charge in [0.2, 0.25) is 5.91 Å². The molecule has 2 rings (SSSR count). The van der Waals surface area contributed by atoms with Crippen molar-refractivity contribution >= 4 is 12.0 Å². The van der Waals surface area contributed by atoms with E-state index in [0.29, 0.717) is 19.6 Å². The standard InChI is InChI=1S/C15H27N3O3/c1-15(2,3)21-14(20)18-8-4-5-12(18)13(19)17-9-6-11(16)7-10-17/h11-12H,4-10,16H2,1-3H3/t12-/m1/s1. The summed E-state index contributed by atoms with van der Waals surface area (Å²) in [5.74, 6) is 0.0465. The summed E-state index contributed by atoms with van der Waals surface area (Å²) < 4.78 is 5.40. The van der Waals surface area contributed by atoms with Crippen LogP contribution in [0.4, 0.5) is 4.79 Å². The van der Waals surface area contributed by atoms with E-state index in [4.69, 9.17) is 10.5 Å². The van der Waals surface area contributed by atoms with E-state index in [1.54, 1.807) is 4.90 Å². The molecule has 0 radical (unpaired) electrons. The molecule has 21 heavy (non-hydrogen) atoms. The Kier molecular flexibility index (Phi) is 4.76. The highest BCUT2D eigenvalue weighted by Gasteiger charge is 2.39. The van der Waals surface area contributed by atoms with Crippen LogP contribution in [0, 0.1) is 0 Å². The van der Waals surface area contributed by atoms with Gasteiger partial charge in [-0.25, -0.2) is 4.79 Å². The fourth-order valence-corrected chi connectivity index (χ4v) is 2.89. The summed E-state index contributed by atoms with van der Waals surface area (Å²) in [6.07, 6.45) is 2.87. The summed E-state index contributed by atoms with van der Waals surface area (Å²) >= 11 is 0. The van der Waals surface area contributed by atoms with Gasteiger partial charge in [-0.2, -0.15) is 0 Å². The highest BCUT2D eigenvalue weighted by Crippen LogP contribution is 2.23. The maximum atomic E-state index is 12.6. The van der Waals surface area contributed by atoms with Gasteiger partial charge >= 0.3 is 6.09 Å². The van der Waals surface area contributed by atoms with E-state index in [9.17, 15) is 9.59 Å². The molecule has 2 N–H and O–H groups in total. The molecule has 2 saturated heterocycles. The number of piperidine rings is 1. The average molecular weight is 297 g/mol. The van der Waals surface area contributed by atoms with Crippen LogP contribution in [0.25, 0.3) is 0 Å². The molecule has 1 atom stereocenters. The summed E-state index contributed by atoms with van der Waals surface area (Å²) in [4.78, 5) is 28.3. The number of likely N-dealkylation sites (tertiary alicyclic amines) is 2. The smallest absolute Gasteiger partial charge is 0.410 e. The van der Waals surface area contributed by atoms with Crippen molar-refractivity contribution < 1.29 is 14.3 Å². The SMILES string of the molecule is CC(C)(C)OC(=O)N1CCC[C@@H]1C(=O)N1CCC(N)CC1. The first kappa shape index (κ1) is 16.1. The molecule has 6 heteroatoms. The Bertz CT molecular complexity index is 397. The molecule has 0 aromatic carbocycles. The van der Waals surface area contributed by atoms with E-state index in [1.165, 1.54) is 0 Å². The number of hydrogen-bond acceptors (Lipinski definition) is 4. The molecule has 0 spiro atoms. The van der Waals surface area contributed by atoms with E-state index >= 15 is 0 Å². The van der Waals surface area contributed by atoms with E-state index in [0.717, 1.165) is 25.7 Å². The fraction of sp³-hybridized carbons (Fsp3) is 0.867. The van der Waals surface area contributed by atoms with Crippen LogP contribution in [0.3, 0.4) is 0 Å². The molecule has 0 unspecified atom stereocenters. The predicted molar refractivity (Wildman–Crippen MR) is 79.8 cm³/mol. The van der Waals surface area contributed by atoms with Crippen LogP contribution in [0.5, 0.6) is 0 Å². The number of nitrogens with zero attached hydrogens (tertiary/aromatic N) is 2. The zero-order valence-electron chi connectivity index (χ0n) is 13.3. The zero-order chi connectivity index (χ0) is 15.6. The van der Waals surface area contributed by atoms with Crippen LogP contribution >= 0.6 is 0 Å². The maximum absolute atomic E-state index is 12.6. The molecule has 0 saturated carbocycles. The topological polar surface area (TPSA) is 75.9 Å². The van der Waals surface area contributed by atoms with Crippen molar-refractivity contribution in [3.8, 4) is 0 Å². The average Bonchev–Trinajstić information content (AvgIpc) is 2.86. The number of carbonyl (C=O) groups excluding carboxylic acids is 2. The van der Waals surface area contributed by atoms with Gasteiger partial charge in [-0.05, 0) is 46.5 Å². The molecule has 0 aliphatic carbocycles. The molecule has 0 bridgehead atoms. The Labute approximate surface area is 126 Å². The Hall–Kier alpha value is -1.30. The van der Waals surface area contributed by atoms with Crippen LogP contribution < -0.4 is 5.73 Å². The first-order valence-electron chi connectivity index (χ1n) is 7.82. The van der Waals surface area contributed by atoms with Gasteiger partial charge in [-0.3, -0.25) is 9.69 Å². The fourth-order valence-electron chi connectivity index (χ4n) is 2.89. The number of hydrogen-bond donors (Lipinski definition) is 1. The van der Waals surface area contributed by atoms with E-state index < -0.39 is 5.60 Å². The molecular formula is C15H27N3O3. The van der Waals surface area contributed by atoms with E-state index in [2.05, 4.69) is 0 Å². The van der Waals surface area contributed by atoms with Crippen LogP contribution in [0.15, 0.2) is 0 Å². The van der Waals surface area contributed by atoms with Crippen LogP contribution in [0.2, 0.25) is 0 Å². The number of carbonyl (C=O) groups is 2. The molecule has 2 aliphatic rings. The van der Waals surface area contributed by atoms with Crippen molar-refractivity contribution in [2.45, 2.75) is 64.1 Å². The van der Waals surface area contributed by atoms with Gasteiger partial charge in [-0.1, -0.05) is 0 Å². The lowest BCUT2D eigenvalue weighted by Crippen LogP contribution is -2.52. The van der Waals surface area contributed by atoms with Crippen molar-refractivity contribution in [1.82, 2.24) is 9.80 Å². The summed E-state index contributed by atoms with van der Waals surface area (Å²) in [6, 6.07) is -0.172. The van der Waals surface area contributed by atoms with Crippen molar-refractivity contribution in [2.24, 2.45) is 5.73 Å². The summed E-state index contributed by atoms with van der Waals surface area (Å²) in [7, 11) is 0. The molecule has 2 amide bonds. The Morgan fingerprint density at radius 2 is 1.71 bits per heavy atom. The first-order valence-corrected chi connectivity index (χ1v) is 7.82. The minimum atomic E-state index is -0.537. The van der Waals surface area contributed by atoms with Crippen LogP contribution in [-0.4, -0.2) is 59.1 Å². The van der Waals surface area contributed by atoms with Crippen molar-refractivity contribution in [3.63, 3.8) is 0 Å². The lowest BCUT2D eigenvalue weighted by Gasteiger charge is -2.35. The molecule has 0 aromatic rings. The zero-order valence-corrected chi connectivity index (χ0v) is 13.3. The summed E-state index contributed by atoms with van der Waals surface area (Å²) in [5, 5.41) is 0. The van der Waals surface area contributed by atoms with Crippen LogP contribution in [-0.2, 0) is 9.53 Å². The van der Waals surface area contributed by atoms with Crippen molar-refractivity contribution in [1.29, 1.82) is 0 Å². The summed E-state index contributed by atoms with van der Waals surface area (Å²) in [6.45, 7) is 7.49. The van der Waals surface area contributed by atoms with Crippen LogP contribution in [0.1, 0.15) is 46.5 Å². The maximum Gasteiger partial charge on any atom is 0.410 e. The molecule has 6 nitrogen and oxygen atoms in total. The quantitative estimate of drug-likeness (QED) is 0.792. The second-order valence-electron chi connectivity index (χ2n) is 6.99. The highest BCUT2D eigenvalue weighted by atomic mass is 16.6. The first-order chi connectivity index (χ1) is 9.78. The third kappa shape index (κ3) is 4.09. The molecule has 120 valence electrons. The Morgan fingerprint density at radius 3 is 2.29 bits per heavy atom. The predicted octanol–water partition coefficient (Wildman–Crippen LogP) is 1.34. The number of ether oxygens (including phenoxy) is 1. The molecular weight excluding hydrogens is 270 g/mol. The van der Waals surface area contributed by atoms with Crippen molar-refractivity contribution in [3.05, 3.63) is 0 Å². The van der Waals surface area contributed by atoms with Gasteiger partial charge < -0.3 is 15.4 Å². The third-order valence-corrected chi connectivity index (χ3v) is 4.02. The summed E-state index contributed by atoms with van der Waals surface area (Å²) in [5.41, 5.74) is 5.34. The van der Waals surface area contributed by atoms with Gasteiger partial charge in [-0.15, -0.1) is 0 Å². The Balaban J connectivity index is 1.98. The molecule has 2 fully saturated rings. The van der Waals surface area contributed by atoms with Gasteiger partial charge in [0.1, 0.15) is 11.6 Å². The molecule has 0 aromatic heterocycles. The largest absolute Gasteiger partial charge is 0.444 e. The van der Waals surface area contributed by atoms with Gasteiger partial charge in [0.05, 0.1) is 0 Å². The Morgan fingerprint density at radius 1 is 1.10 bits per heavy atom. The lowest BCUT2D eigenvalue weighted by molar-refractivity contribution is -0.137. The molecule has 2 heterocycles. The molecule has 2 aliphatic heterocycles. The third-order valence-electron chi connectivity index (χ3n) is 4.02. The highest BCUT2D eigenvalue weighted by molar-refractivity contribution is 5.86. The number of rotatable bonds is 1. The van der Waals surface area contributed by atoms with E-state index in [1.807, 2.05) is 25.7 Å². The van der Waals surface area contributed by atoms with Gasteiger partial charge in [0.25, 0.3) is 0 Å². The number of amides is 2.